The molecule has 1 aliphatic heterocycles. The Morgan fingerprint density at radius 2 is 2.11 bits per heavy atom. The molecule has 1 amide bonds. The number of para-hydroxylation sites is 1. The van der Waals surface area contributed by atoms with E-state index in [0.29, 0.717) is 6.04 Å². The first-order valence-electron chi connectivity index (χ1n) is 6.83. The summed E-state index contributed by atoms with van der Waals surface area (Å²) in [4.78, 5) is 13.4. The second-order valence-corrected chi connectivity index (χ2v) is 4.95. The molecule has 1 fully saturated rings. The fourth-order valence-corrected chi connectivity index (χ4v) is 2.67. The number of piperidine rings is 1. The second kappa shape index (κ2) is 6.43. The molecule has 1 N–H and O–H groups in total. The average molecular weight is 246 g/mol. The molecule has 1 heterocycles. The van der Waals surface area contributed by atoms with Gasteiger partial charge in [-0.3, -0.25) is 4.79 Å². The molecule has 1 aromatic carbocycles. The Labute approximate surface area is 109 Å². The van der Waals surface area contributed by atoms with Crippen molar-refractivity contribution in [3.05, 3.63) is 30.3 Å². The topological polar surface area (TPSA) is 32.3 Å². The van der Waals surface area contributed by atoms with Crippen molar-refractivity contribution in [1.29, 1.82) is 0 Å². The van der Waals surface area contributed by atoms with E-state index in [1.165, 1.54) is 24.9 Å². The molecule has 98 valence electrons. The Morgan fingerprint density at radius 3 is 2.83 bits per heavy atom. The Hall–Kier alpha value is -1.51. The van der Waals surface area contributed by atoms with Crippen LogP contribution in [0.2, 0.25) is 0 Å². The summed E-state index contributed by atoms with van der Waals surface area (Å²) in [7, 11) is 0. The molecule has 3 heteroatoms. The van der Waals surface area contributed by atoms with Crippen LogP contribution in [0.4, 0.5) is 5.69 Å². The molecule has 1 atom stereocenters. The summed E-state index contributed by atoms with van der Waals surface area (Å²) >= 11 is 0. The number of hydrogen-bond donors (Lipinski definition) is 1. The first-order chi connectivity index (χ1) is 8.77. The number of carbonyl (C=O) groups excluding carboxylic acids is 1. The first kappa shape index (κ1) is 12.9. The molecule has 3 nitrogen and oxygen atoms in total. The molecule has 0 spiro atoms. The summed E-state index contributed by atoms with van der Waals surface area (Å²) in [6.07, 6.45) is 4.84. The van der Waals surface area contributed by atoms with Crippen LogP contribution < -0.4 is 10.2 Å². The van der Waals surface area contributed by atoms with E-state index >= 15 is 0 Å². The number of nitrogens with one attached hydrogen (secondary N) is 1. The molecule has 0 saturated carbocycles. The van der Waals surface area contributed by atoms with Gasteiger partial charge in [-0.2, -0.15) is 0 Å². The van der Waals surface area contributed by atoms with Gasteiger partial charge in [-0.25, -0.2) is 0 Å². The molecule has 0 aromatic heterocycles. The smallest absolute Gasteiger partial charge is 0.216 e. The van der Waals surface area contributed by atoms with Crippen LogP contribution in [0.15, 0.2) is 30.3 Å². The molecule has 1 aromatic rings. The van der Waals surface area contributed by atoms with Crippen molar-refractivity contribution < 1.29 is 4.79 Å². The van der Waals surface area contributed by atoms with Gasteiger partial charge >= 0.3 is 0 Å². The number of amides is 1. The van der Waals surface area contributed by atoms with Crippen molar-refractivity contribution in [3.63, 3.8) is 0 Å². The highest BCUT2D eigenvalue weighted by atomic mass is 16.1. The number of nitrogens with zero attached hydrogens (tertiary/aromatic N) is 1. The van der Waals surface area contributed by atoms with Gasteiger partial charge in [0.05, 0.1) is 0 Å². The van der Waals surface area contributed by atoms with E-state index in [0.717, 1.165) is 19.5 Å². The Balaban J connectivity index is 1.95. The van der Waals surface area contributed by atoms with Crippen molar-refractivity contribution in [3.8, 4) is 0 Å². The zero-order valence-corrected chi connectivity index (χ0v) is 11.1. The van der Waals surface area contributed by atoms with E-state index in [1.807, 2.05) is 0 Å². The first-order valence-corrected chi connectivity index (χ1v) is 6.83. The maximum Gasteiger partial charge on any atom is 0.216 e. The van der Waals surface area contributed by atoms with Gasteiger partial charge in [0.25, 0.3) is 0 Å². The summed E-state index contributed by atoms with van der Waals surface area (Å²) in [6.45, 7) is 3.49. The molecule has 1 unspecified atom stereocenters. The monoisotopic (exact) mass is 246 g/mol. The highest BCUT2D eigenvalue weighted by molar-refractivity contribution is 5.72. The zero-order chi connectivity index (χ0) is 12.8. The molecule has 18 heavy (non-hydrogen) atoms. The highest BCUT2D eigenvalue weighted by Crippen LogP contribution is 2.25. The van der Waals surface area contributed by atoms with E-state index in [9.17, 15) is 4.79 Å². The molecule has 0 aliphatic carbocycles. The SMILES string of the molecule is CC(=O)NCCC1CCCCN1c1ccccc1. The van der Waals surface area contributed by atoms with Crippen LogP contribution >= 0.6 is 0 Å². The van der Waals surface area contributed by atoms with Gasteiger partial charge in [-0.05, 0) is 37.8 Å². The quantitative estimate of drug-likeness (QED) is 0.885. The summed E-state index contributed by atoms with van der Waals surface area (Å²) in [5, 5.41) is 2.90. The molecule has 1 saturated heterocycles. The number of benzene rings is 1. The van der Waals surface area contributed by atoms with Gasteiger partial charge in [0.15, 0.2) is 0 Å². The zero-order valence-electron chi connectivity index (χ0n) is 11.1. The lowest BCUT2D eigenvalue weighted by molar-refractivity contribution is -0.118. The van der Waals surface area contributed by atoms with E-state index in [2.05, 4.69) is 40.5 Å². The standard InChI is InChI=1S/C15H22N2O/c1-13(18)16-11-10-15-9-5-6-12-17(15)14-7-3-2-4-8-14/h2-4,7-8,15H,5-6,9-12H2,1H3,(H,16,18). The van der Waals surface area contributed by atoms with E-state index in [4.69, 9.17) is 0 Å². The second-order valence-electron chi connectivity index (χ2n) is 4.95. The summed E-state index contributed by atoms with van der Waals surface area (Å²) in [6, 6.07) is 11.2. The Bertz CT molecular complexity index is 377. The number of anilines is 1. The molecule has 1 aliphatic rings. The van der Waals surface area contributed by atoms with Crippen molar-refractivity contribution >= 4 is 11.6 Å². The molecule has 0 radical (unpaired) electrons. The summed E-state index contributed by atoms with van der Waals surface area (Å²) in [5.74, 6) is 0.0667. The maximum absolute atomic E-state index is 10.9. The van der Waals surface area contributed by atoms with Gasteiger partial charge in [-0.1, -0.05) is 18.2 Å². The number of rotatable bonds is 4. The number of carbonyl (C=O) groups is 1. The fraction of sp³-hybridized carbons (Fsp3) is 0.533. The lowest BCUT2D eigenvalue weighted by Crippen LogP contribution is -2.41. The molecular weight excluding hydrogens is 224 g/mol. The van der Waals surface area contributed by atoms with Crippen LogP contribution in [0.3, 0.4) is 0 Å². The minimum absolute atomic E-state index is 0.0667. The number of hydrogen-bond acceptors (Lipinski definition) is 2. The van der Waals surface area contributed by atoms with Crippen molar-refractivity contribution in [2.24, 2.45) is 0 Å². The van der Waals surface area contributed by atoms with E-state index in [-0.39, 0.29) is 5.91 Å². The third-order valence-corrected chi connectivity index (χ3v) is 3.57. The minimum Gasteiger partial charge on any atom is -0.368 e. The van der Waals surface area contributed by atoms with E-state index < -0.39 is 0 Å². The van der Waals surface area contributed by atoms with Gasteiger partial charge < -0.3 is 10.2 Å². The van der Waals surface area contributed by atoms with Gasteiger partial charge in [-0.15, -0.1) is 0 Å². The molecule has 2 rings (SSSR count). The predicted octanol–water partition coefficient (Wildman–Crippen LogP) is 2.57. The third kappa shape index (κ3) is 3.49. The van der Waals surface area contributed by atoms with E-state index in [1.54, 1.807) is 6.92 Å². The largest absolute Gasteiger partial charge is 0.368 e. The van der Waals surface area contributed by atoms with Gasteiger partial charge in [0.1, 0.15) is 0 Å². The maximum atomic E-state index is 10.9. The highest BCUT2D eigenvalue weighted by Gasteiger charge is 2.21. The van der Waals surface area contributed by atoms with Crippen LogP contribution in [-0.2, 0) is 4.79 Å². The van der Waals surface area contributed by atoms with Crippen molar-refractivity contribution in [2.45, 2.75) is 38.6 Å². The van der Waals surface area contributed by atoms with Crippen molar-refractivity contribution in [2.75, 3.05) is 18.0 Å². The average Bonchev–Trinajstić information content (AvgIpc) is 2.40. The van der Waals surface area contributed by atoms with Crippen LogP contribution in [-0.4, -0.2) is 25.0 Å². The predicted molar refractivity (Wildman–Crippen MR) is 74.7 cm³/mol. The van der Waals surface area contributed by atoms with Crippen LogP contribution in [0.25, 0.3) is 0 Å². The van der Waals surface area contributed by atoms with Gasteiger partial charge in [0, 0.05) is 31.7 Å². The van der Waals surface area contributed by atoms with Crippen molar-refractivity contribution in [1.82, 2.24) is 5.32 Å². The van der Waals surface area contributed by atoms with Crippen LogP contribution in [0.1, 0.15) is 32.6 Å². The van der Waals surface area contributed by atoms with Gasteiger partial charge in [0.2, 0.25) is 5.91 Å². The Morgan fingerprint density at radius 1 is 1.33 bits per heavy atom. The summed E-state index contributed by atoms with van der Waals surface area (Å²) in [5.41, 5.74) is 1.31. The molecule has 0 bridgehead atoms. The third-order valence-electron chi connectivity index (χ3n) is 3.57. The van der Waals surface area contributed by atoms with Crippen LogP contribution in [0, 0.1) is 0 Å². The molecular formula is C15H22N2O. The summed E-state index contributed by atoms with van der Waals surface area (Å²) < 4.78 is 0. The lowest BCUT2D eigenvalue weighted by Gasteiger charge is -2.37. The fourth-order valence-electron chi connectivity index (χ4n) is 2.67. The normalized spacial score (nSPS) is 19.6. The Kier molecular flexibility index (Phi) is 4.62. The van der Waals surface area contributed by atoms with Crippen LogP contribution in [0.5, 0.6) is 0 Å². The minimum atomic E-state index is 0.0667. The lowest BCUT2D eigenvalue weighted by atomic mass is 9.98.